The molecule has 0 bridgehead atoms. The summed E-state index contributed by atoms with van der Waals surface area (Å²) < 4.78 is 5.12. The number of benzene rings is 1. The summed E-state index contributed by atoms with van der Waals surface area (Å²) in [4.78, 5) is 31.0. The molecule has 1 aromatic heterocycles. The minimum absolute atomic E-state index is 0.0683. The largest absolute Gasteiger partial charge is 0.497 e. The monoisotopic (exact) mass is 361 g/mol. The van der Waals surface area contributed by atoms with Crippen LogP contribution in [-0.4, -0.2) is 35.8 Å². The highest BCUT2D eigenvalue weighted by molar-refractivity contribution is 7.98. The fraction of sp³-hybridized carbons (Fsp3) is 0.389. The number of aromatic nitrogens is 2. The highest BCUT2D eigenvalue weighted by Gasteiger charge is 2.10. The molecule has 0 saturated heterocycles. The van der Waals surface area contributed by atoms with E-state index < -0.39 is 0 Å². The lowest BCUT2D eigenvalue weighted by atomic mass is 10.1. The Balaban J connectivity index is 1.80. The molecule has 0 aliphatic carbocycles. The van der Waals surface area contributed by atoms with Crippen LogP contribution in [0.3, 0.4) is 0 Å². The van der Waals surface area contributed by atoms with Gasteiger partial charge in [-0.05, 0) is 43.7 Å². The maximum Gasteiger partial charge on any atom is 0.254 e. The zero-order valence-electron chi connectivity index (χ0n) is 14.7. The molecule has 1 amide bonds. The third kappa shape index (κ3) is 5.63. The van der Waals surface area contributed by atoms with Crippen LogP contribution in [0.15, 0.2) is 34.2 Å². The topological polar surface area (TPSA) is 84.1 Å². The van der Waals surface area contributed by atoms with Crippen LogP contribution < -0.4 is 15.6 Å². The van der Waals surface area contributed by atoms with Gasteiger partial charge < -0.3 is 15.0 Å². The first-order valence-corrected chi connectivity index (χ1v) is 9.29. The fourth-order valence-corrected chi connectivity index (χ4v) is 2.86. The van der Waals surface area contributed by atoms with Gasteiger partial charge in [0.1, 0.15) is 5.75 Å². The molecule has 7 heteroatoms. The number of aromatic amines is 1. The quantitative estimate of drug-likeness (QED) is 0.556. The predicted octanol–water partition coefficient (Wildman–Crippen LogP) is 2.10. The average Bonchev–Trinajstić information content (AvgIpc) is 2.61. The van der Waals surface area contributed by atoms with Crippen molar-refractivity contribution in [2.24, 2.45) is 0 Å². The summed E-state index contributed by atoms with van der Waals surface area (Å²) in [7, 11) is 1.63. The number of methoxy groups -OCH3 is 1. The number of carbonyl (C=O) groups excluding carboxylic acids is 1. The van der Waals surface area contributed by atoms with Crippen LogP contribution in [0.25, 0.3) is 0 Å². The molecular weight excluding hydrogens is 338 g/mol. The van der Waals surface area contributed by atoms with Gasteiger partial charge in [0.2, 0.25) is 5.91 Å². The van der Waals surface area contributed by atoms with Gasteiger partial charge in [0.05, 0.1) is 7.11 Å². The number of H-pyrrole nitrogens is 1. The van der Waals surface area contributed by atoms with E-state index in [9.17, 15) is 9.59 Å². The van der Waals surface area contributed by atoms with Crippen LogP contribution >= 0.6 is 11.8 Å². The maximum atomic E-state index is 12.0. The first-order chi connectivity index (χ1) is 12.0. The van der Waals surface area contributed by atoms with Crippen molar-refractivity contribution in [3.63, 3.8) is 0 Å². The average molecular weight is 361 g/mol. The molecule has 2 rings (SSSR count). The summed E-state index contributed by atoms with van der Waals surface area (Å²) in [5.74, 6) is 0.746. The minimum atomic E-state index is -0.164. The fourth-order valence-electron chi connectivity index (χ4n) is 2.44. The predicted molar refractivity (Wildman–Crippen MR) is 99.4 cm³/mol. The van der Waals surface area contributed by atoms with Gasteiger partial charge in [0, 0.05) is 24.2 Å². The first-order valence-electron chi connectivity index (χ1n) is 8.07. The molecule has 0 atom stereocenters. The van der Waals surface area contributed by atoms with Crippen molar-refractivity contribution >= 4 is 17.7 Å². The second kappa shape index (κ2) is 9.27. The second-order valence-corrected chi connectivity index (χ2v) is 6.38. The molecule has 0 aliphatic heterocycles. The second-order valence-electron chi connectivity index (χ2n) is 5.59. The number of nitrogens with one attached hydrogen (secondary N) is 2. The third-order valence-corrected chi connectivity index (χ3v) is 4.47. The molecule has 0 saturated carbocycles. The Morgan fingerprint density at radius 2 is 2.00 bits per heavy atom. The van der Waals surface area contributed by atoms with Gasteiger partial charge in [-0.15, -0.1) is 0 Å². The minimum Gasteiger partial charge on any atom is -0.497 e. The Morgan fingerprint density at radius 3 is 2.60 bits per heavy atom. The molecule has 0 aliphatic rings. The standard InChI is InChI=1S/C18H23N3O3S/c1-12-15(17(23)21-18(20-12)25-3)8-9-16(22)19-11-10-13-4-6-14(24-2)7-5-13/h4-7H,8-11H2,1-3H3,(H,19,22)(H,20,21,23). The molecule has 134 valence electrons. The number of rotatable bonds is 8. The van der Waals surface area contributed by atoms with Crippen molar-refractivity contribution in [2.45, 2.75) is 31.3 Å². The highest BCUT2D eigenvalue weighted by Crippen LogP contribution is 2.11. The van der Waals surface area contributed by atoms with Crippen molar-refractivity contribution in [3.05, 3.63) is 51.4 Å². The molecule has 25 heavy (non-hydrogen) atoms. The zero-order chi connectivity index (χ0) is 18.2. The van der Waals surface area contributed by atoms with E-state index in [1.54, 1.807) is 14.0 Å². The molecule has 2 N–H and O–H groups in total. The number of nitrogens with zero attached hydrogens (tertiary/aromatic N) is 1. The van der Waals surface area contributed by atoms with E-state index in [0.717, 1.165) is 17.7 Å². The summed E-state index contributed by atoms with van der Waals surface area (Å²) in [6, 6.07) is 7.76. The summed E-state index contributed by atoms with van der Waals surface area (Å²) in [5, 5.41) is 3.48. The molecule has 2 aromatic rings. The highest BCUT2D eigenvalue weighted by atomic mass is 32.2. The number of hydrogen-bond acceptors (Lipinski definition) is 5. The number of thioether (sulfide) groups is 1. The van der Waals surface area contributed by atoms with Crippen LogP contribution in [-0.2, 0) is 17.6 Å². The van der Waals surface area contributed by atoms with Gasteiger partial charge in [-0.25, -0.2) is 4.98 Å². The number of ether oxygens (including phenoxy) is 1. The number of amides is 1. The maximum absolute atomic E-state index is 12.0. The Hall–Kier alpha value is -2.28. The lowest BCUT2D eigenvalue weighted by molar-refractivity contribution is -0.121. The van der Waals surface area contributed by atoms with E-state index in [1.807, 2.05) is 30.5 Å². The smallest absolute Gasteiger partial charge is 0.254 e. The Bertz CT molecular complexity index is 772. The zero-order valence-corrected chi connectivity index (χ0v) is 15.5. The van der Waals surface area contributed by atoms with Crippen LogP contribution in [0.4, 0.5) is 0 Å². The lowest BCUT2D eigenvalue weighted by Gasteiger charge is -2.08. The molecule has 0 radical (unpaired) electrons. The van der Waals surface area contributed by atoms with E-state index >= 15 is 0 Å². The van der Waals surface area contributed by atoms with Crippen LogP contribution in [0.1, 0.15) is 23.2 Å². The van der Waals surface area contributed by atoms with Crippen molar-refractivity contribution in [3.8, 4) is 5.75 Å². The van der Waals surface area contributed by atoms with Crippen LogP contribution in [0, 0.1) is 6.92 Å². The van der Waals surface area contributed by atoms with Gasteiger partial charge in [-0.2, -0.15) is 0 Å². The van der Waals surface area contributed by atoms with E-state index in [0.29, 0.717) is 29.4 Å². The van der Waals surface area contributed by atoms with Gasteiger partial charge in [-0.3, -0.25) is 9.59 Å². The van der Waals surface area contributed by atoms with Gasteiger partial charge in [-0.1, -0.05) is 23.9 Å². The molecular formula is C18H23N3O3S. The summed E-state index contributed by atoms with van der Waals surface area (Å²) >= 11 is 1.39. The summed E-state index contributed by atoms with van der Waals surface area (Å²) in [6.07, 6.45) is 3.26. The number of hydrogen-bond donors (Lipinski definition) is 2. The molecule has 0 spiro atoms. The van der Waals surface area contributed by atoms with Crippen molar-refractivity contribution < 1.29 is 9.53 Å². The van der Waals surface area contributed by atoms with Crippen LogP contribution in [0.2, 0.25) is 0 Å². The number of aryl methyl sites for hydroxylation is 1. The molecule has 1 heterocycles. The van der Waals surface area contributed by atoms with Gasteiger partial charge in [0.15, 0.2) is 5.16 Å². The Kier molecular flexibility index (Phi) is 7.06. The van der Waals surface area contributed by atoms with Crippen molar-refractivity contribution in [2.75, 3.05) is 19.9 Å². The van der Waals surface area contributed by atoms with Gasteiger partial charge in [0.25, 0.3) is 5.56 Å². The molecule has 6 nitrogen and oxygen atoms in total. The normalized spacial score (nSPS) is 10.5. The number of carbonyl (C=O) groups is 1. The molecule has 0 unspecified atom stereocenters. The molecule has 0 fully saturated rings. The lowest BCUT2D eigenvalue weighted by Crippen LogP contribution is -2.27. The summed E-state index contributed by atoms with van der Waals surface area (Å²) in [6.45, 7) is 2.36. The van der Waals surface area contributed by atoms with Crippen molar-refractivity contribution in [1.82, 2.24) is 15.3 Å². The van der Waals surface area contributed by atoms with E-state index in [2.05, 4.69) is 15.3 Å². The Labute approximate surface area is 151 Å². The van der Waals surface area contributed by atoms with E-state index in [-0.39, 0.29) is 17.9 Å². The van der Waals surface area contributed by atoms with Crippen molar-refractivity contribution in [1.29, 1.82) is 0 Å². The van der Waals surface area contributed by atoms with Crippen LogP contribution in [0.5, 0.6) is 5.75 Å². The van der Waals surface area contributed by atoms with Gasteiger partial charge >= 0.3 is 0 Å². The SMILES string of the molecule is COc1ccc(CCNC(=O)CCc2c(C)nc(SC)[nH]c2=O)cc1. The Morgan fingerprint density at radius 1 is 1.28 bits per heavy atom. The summed E-state index contributed by atoms with van der Waals surface area (Å²) in [5.41, 5.74) is 2.22. The van der Waals surface area contributed by atoms with E-state index in [4.69, 9.17) is 4.74 Å². The first kappa shape index (κ1) is 19.1. The third-order valence-electron chi connectivity index (χ3n) is 3.89. The van der Waals surface area contributed by atoms with E-state index in [1.165, 1.54) is 11.8 Å². The molecule has 1 aromatic carbocycles.